The Kier molecular flexibility index (Phi) is 4.86. The third kappa shape index (κ3) is 4.04. The number of alkyl halides is 1. The standard InChI is InChI=1S/C8H9ClN2OS2/c9-4-7(12)11-8(13)10-5-6-2-1-3-14-6/h1-3H,4-5H2,(H2,10,11,12,13). The molecule has 1 rings (SSSR count). The predicted octanol–water partition coefficient (Wildman–Crippen LogP) is 1.48. The summed E-state index contributed by atoms with van der Waals surface area (Å²) in [5, 5.41) is 7.64. The normalized spacial score (nSPS) is 9.50. The van der Waals surface area contributed by atoms with E-state index in [0.717, 1.165) is 4.88 Å². The van der Waals surface area contributed by atoms with Crippen molar-refractivity contribution in [2.45, 2.75) is 6.54 Å². The maximum atomic E-state index is 10.8. The first-order valence-electron chi connectivity index (χ1n) is 3.88. The van der Waals surface area contributed by atoms with Gasteiger partial charge < -0.3 is 10.6 Å². The summed E-state index contributed by atoms with van der Waals surface area (Å²) < 4.78 is 0. The predicted molar refractivity (Wildman–Crippen MR) is 62.6 cm³/mol. The number of hydrogen-bond acceptors (Lipinski definition) is 3. The van der Waals surface area contributed by atoms with Crippen molar-refractivity contribution in [2.24, 2.45) is 0 Å². The lowest BCUT2D eigenvalue weighted by atomic mass is 10.5. The van der Waals surface area contributed by atoms with Crippen LogP contribution in [0.25, 0.3) is 0 Å². The van der Waals surface area contributed by atoms with Crippen molar-refractivity contribution in [1.29, 1.82) is 0 Å². The maximum absolute atomic E-state index is 10.8. The molecule has 0 aliphatic rings. The molecule has 1 amide bonds. The molecule has 14 heavy (non-hydrogen) atoms. The smallest absolute Gasteiger partial charge is 0.241 e. The molecule has 6 heteroatoms. The van der Waals surface area contributed by atoms with Crippen LogP contribution in [0.3, 0.4) is 0 Å². The molecular formula is C8H9ClN2OS2. The van der Waals surface area contributed by atoms with Crippen molar-refractivity contribution < 1.29 is 4.79 Å². The number of thiocarbonyl (C=S) groups is 1. The zero-order valence-electron chi connectivity index (χ0n) is 7.25. The average molecular weight is 249 g/mol. The number of amides is 1. The molecule has 2 N–H and O–H groups in total. The lowest BCUT2D eigenvalue weighted by Crippen LogP contribution is -2.39. The Labute approximate surface area is 96.5 Å². The zero-order chi connectivity index (χ0) is 10.4. The Bertz CT molecular complexity index is 313. The maximum Gasteiger partial charge on any atom is 0.241 e. The SMILES string of the molecule is O=C(CCl)NC(=S)NCc1cccs1. The molecule has 0 radical (unpaired) electrons. The summed E-state index contributed by atoms with van der Waals surface area (Å²) in [4.78, 5) is 12.0. The first-order valence-corrected chi connectivity index (χ1v) is 5.70. The zero-order valence-corrected chi connectivity index (χ0v) is 9.64. The van der Waals surface area contributed by atoms with Gasteiger partial charge in [0.2, 0.25) is 5.91 Å². The van der Waals surface area contributed by atoms with Crippen molar-refractivity contribution >= 4 is 46.2 Å². The summed E-state index contributed by atoms with van der Waals surface area (Å²) in [5.41, 5.74) is 0. The van der Waals surface area contributed by atoms with Crippen LogP contribution in [0.15, 0.2) is 17.5 Å². The molecule has 0 saturated heterocycles. The van der Waals surface area contributed by atoms with Crippen LogP contribution in [0.1, 0.15) is 4.88 Å². The first kappa shape index (κ1) is 11.4. The molecule has 1 aromatic heterocycles. The molecule has 0 spiro atoms. The topological polar surface area (TPSA) is 41.1 Å². The molecule has 0 aliphatic carbocycles. The number of thiophene rings is 1. The van der Waals surface area contributed by atoms with Gasteiger partial charge in [0.15, 0.2) is 5.11 Å². The molecule has 0 fully saturated rings. The number of carbonyl (C=O) groups is 1. The van der Waals surface area contributed by atoms with Crippen LogP contribution in [0, 0.1) is 0 Å². The van der Waals surface area contributed by atoms with E-state index in [1.807, 2.05) is 17.5 Å². The highest BCUT2D eigenvalue weighted by molar-refractivity contribution is 7.80. The van der Waals surface area contributed by atoms with E-state index in [1.165, 1.54) is 0 Å². The fraction of sp³-hybridized carbons (Fsp3) is 0.250. The van der Waals surface area contributed by atoms with Gasteiger partial charge in [0.05, 0.1) is 6.54 Å². The minimum Gasteiger partial charge on any atom is -0.357 e. The molecule has 1 heterocycles. The summed E-state index contributed by atoms with van der Waals surface area (Å²) >= 11 is 11.8. The number of carbonyl (C=O) groups excluding carboxylic acids is 1. The molecule has 0 aromatic carbocycles. The summed E-state index contributed by atoms with van der Waals surface area (Å²) in [5.74, 6) is -0.378. The number of hydrogen-bond donors (Lipinski definition) is 2. The van der Waals surface area contributed by atoms with E-state index >= 15 is 0 Å². The lowest BCUT2D eigenvalue weighted by Gasteiger charge is -2.06. The third-order valence-corrected chi connectivity index (χ3v) is 2.74. The van der Waals surface area contributed by atoms with Gasteiger partial charge in [-0.2, -0.15) is 0 Å². The monoisotopic (exact) mass is 248 g/mol. The summed E-state index contributed by atoms with van der Waals surface area (Å²) in [6.07, 6.45) is 0. The molecular weight excluding hydrogens is 240 g/mol. The quantitative estimate of drug-likeness (QED) is 0.629. The molecule has 0 bridgehead atoms. The van der Waals surface area contributed by atoms with E-state index in [2.05, 4.69) is 10.6 Å². The fourth-order valence-corrected chi connectivity index (χ4v) is 1.68. The molecule has 1 aromatic rings. The molecule has 3 nitrogen and oxygen atoms in total. The lowest BCUT2D eigenvalue weighted by molar-refractivity contribution is -0.117. The van der Waals surface area contributed by atoms with Gasteiger partial charge in [-0.1, -0.05) is 6.07 Å². The van der Waals surface area contributed by atoms with Gasteiger partial charge in [0.25, 0.3) is 0 Å². The largest absolute Gasteiger partial charge is 0.357 e. The van der Waals surface area contributed by atoms with Crippen LogP contribution in [0.4, 0.5) is 0 Å². The van der Waals surface area contributed by atoms with Crippen molar-refractivity contribution in [1.82, 2.24) is 10.6 Å². The van der Waals surface area contributed by atoms with Gasteiger partial charge in [-0.3, -0.25) is 4.79 Å². The van der Waals surface area contributed by atoms with E-state index in [0.29, 0.717) is 11.7 Å². The van der Waals surface area contributed by atoms with E-state index in [-0.39, 0.29) is 11.8 Å². The summed E-state index contributed by atoms with van der Waals surface area (Å²) in [6, 6.07) is 3.95. The molecule has 76 valence electrons. The van der Waals surface area contributed by atoms with Crippen molar-refractivity contribution in [3.63, 3.8) is 0 Å². The number of rotatable bonds is 3. The Morgan fingerprint density at radius 2 is 2.43 bits per heavy atom. The second-order valence-corrected chi connectivity index (χ2v) is 4.15. The summed E-state index contributed by atoms with van der Waals surface area (Å²) in [7, 11) is 0. The van der Waals surface area contributed by atoms with Crippen molar-refractivity contribution in [3.8, 4) is 0 Å². The Morgan fingerprint density at radius 3 is 3.00 bits per heavy atom. The van der Waals surface area contributed by atoms with Crippen LogP contribution in [0.2, 0.25) is 0 Å². The Morgan fingerprint density at radius 1 is 1.64 bits per heavy atom. The van der Waals surface area contributed by atoms with Gasteiger partial charge >= 0.3 is 0 Å². The first-order chi connectivity index (χ1) is 6.72. The molecule has 0 unspecified atom stereocenters. The molecule has 0 saturated carbocycles. The van der Waals surface area contributed by atoms with E-state index in [9.17, 15) is 4.79 Å². The minimum absolute atomic E-state index is 0.0825. The van der Waals surface area contributed by atoms with Crippen molar-refractivity contribution in [3.05, 3.63) is 22.4 Å². The van der Waals surface area contributed by atoms with Gasteiger partial charge in [0.1, 0.15) is 5.88 Å². The van der Waals surface area contributed by atoms with Gasteiger partial charge in [-0.15, -0.1) is 22.9 Å². The van der Waals surface area contributed by atoms with Gasteiger partial charge in [0, 0.05) is 4.88 Å². The van der Waals surface area contributed by atoms with E-state index < -0.39 is 0 Å². The van der Waals surface area contributed by atoms with E-state index in [4.69, 9.17) is 23.8 Å². The summed E-state index contributed by atoms with van der Waals surface area (Å²) in [6.45, 7) is 0.624. The molecule has 0 atom stereocenters. The van der Waals surface area contributed by atoms with Crippen LogP contribution in [-0.4, -0.2) is 16.9 Å². The van der Waals surface area contributed by atoms with Crippen LogP contribution in [0.5, 0.6) is 0 Å². The Hall–Kier alpha value is -0.650. The average Bonchev–Trinajstić information content (AvgIpc) is 2.67. The highest BCUT2D eigenvalue weighted by Gasteiger charge is 2.01. The van der Waals surface area contributed by atoms with E-state index in [1.54, 1.807) is 11.3 Å². The number of nitrogens with one attached hydrogen (secondary N) is 2. The van der Waals surface area contributed by atoms with Crippen LogP contribution >= 0.6 is 35.2 Å². The second kappa shape index (κ2) is 5.95. The highest BCUT2D eigenvalue weighted by atomic mass is 35.5. The van der Waals surface area contributed by atoms with Crippen LogP contribution < -0.4 is 10.6 Å². The molecule has 0 aliphatic heterocycles. The highest BCUT2D eigenvalue weighted by Crippen LogP contribution is 2.06. The van der Waals surface area contributed by atoms with Crippen LogP contribution in [-0.2, 0) is 11.3 Å². The van der Waals surface area contributed by atoms with Gasteiger partial charge in [-0.05, 0) is 23.7 Å². The number of halogens is 1. The van der Waals surface area contributed by atoms with Crippen molar-refractivity contribution in [2.75, 3.05) is 5.88 Å². The minimum atomic E-state index is -0.296. The van der Waals surface area contributed by atoms with Gasteiger partial charge in [-0.25, -0.2) is 0 Å². The second-order valence-electron chi connectivity index (χ2n) is 2.44. The third-order valence-electron chi connectivity index (χ3n) is 1.38. The fourth-order valence-electron chi connectivity index (χ4n) is 0.785. The Balaban J connectivity index is 2.25.